The molecule has 5 heteroatoms. The van der Waals surface area contributed by atoms with Crippen molar-refractivity contribution in [3.05, 3.63) is 24.3 Å². The molecule has 82 valence electrons. The van der Waals surface area contributed by atoms with Crippen LogP contribution in [0.3, 0.4) is 0 Å². The summed E-state index contributed by atoms with van der Waals surface area (Å²) in [6.45, 7) is 1.74. The molecule has 1 N–H and O–H groups in total. The molecule has 2 rings (SSSR count). The number of piperazine rings is 1. The number of anilines is 1. The van der Waals surface area contributed by atoms with Gasteiger partial charge in [0, 0.05) is 18.8 Å². The van der Waals surface area contributed by atoms with Gasteiger partial charge in [0.15, 0.2) is 0 Å². The zero-order valence-electron chi connectivity index (χ0n) is 8.64. The van der Waals surface area contributed by atoms with Crippen molar-refractivity contribution in [1.82, 2.24) is 5.32 Å². The number of aliphatic imine (C=N–C) groups is 1. The summed E-state index contributed by atoms with van der Waals surface area (Å²) in [7, 11) is 0. The van der Waals surface area contributed by atoms with E-state index >= 15 is 0 Å². The molecule has 1 aliphatic heterocycles. The third kappa shape index (κ3) is 2.27. The molecule has 0 aromatic heterocycles. The van der Waals surface area contributed by atoms with E-state index in [0.29, 0.717) is 18.8 Å². The summed E-state index contributed by atoms with van der Waals surface area (Å²) in [5.74, 6) is 0.00976. The van der Waals surface area contributed by atoms with E-state index in [2.05, 4.69) is 10.3 Å². The first-order chi connectivity index (χ1) is 7.79. The molecule has 1 aromatic rings. The van der Waals surface area contributed by atoms with Crippen LogP contribution in [0.1, 0.15) is 0 Å². The third-order valence-corrected chi connectivity index (χ3v) is 2.41. The molecular weight excluding hydrogens is 206 g/mol. The maximum absolute atomic E-state index is 11.2. The van der Waals surface area contributed by atoms with Crippen LogP contribution in [0.15, 0.2) is 29.3 Å². The van der Waals surface area contributed by atoms with Crippen LogP contribution in [0, 0.1) is 0 Å². The highest BCUT2D eigenvalue weighted by Gasteiger charge is 2.16. The highest BCUT2D eigenvalue weighted by molar-refractivity contribution is 5.82. The molecule has 1 aliphatic rings. The maximum atomic E-state index is 11.2. The number of benzene rings is 1. The molecule has 1 heterocycles. The summed E-state index contributed by atoms with van der Waals surface area (Å²) in [4.78, 5) is 26.9. The minimum atomic E-state index is 0.00976. The lowest BCUT2D eigenvalue weighted by Crippen LogP contribution is -2.47. The van der Waals surface area contributed by atoms with Crippen molar-refractivity contribution in [3.8, 4) is 0 Å². The Morgan fingerprint density at radius 1 is 1.44 bits per heavy atom. The molecule has 0 saturated carbocycles. The van der Waals surface area contributed by atoms with E-state index in [-0.39, 0.29) is 5.91 Å². The zero-order chi connectivity index (χ0) is 11.4. The Hall–Kier alpha value is -2.13. The number of nitrogens with one attached hydrogen (secondary N) is 1. The zero-order valence-corrected chi connectivity index (χ0v) is 8.64. The van der Waals surface area contributed by atoms with Gasteiger partial charge in [0.25, 0.3) is 0 Å². The summed E-state index contributed by atoms with van der Waals surface area (Å²) in [5.41, 5.74) is 1.45. The fourth-order valence-electron chi connectivity index (χ4n) is 1.67. The molecule has 1 fully saturated rings. The normalized spacial score (nSPS) is 15.2. The van der Waals surface area contributed by atoms with Crippen LogP contribution in [0.25, 0.3) is 0 Å². The lowest BCUT2D eigenvalue weighted by atomic mass is 10.2. The van der Waals surface area contributed by atoms with Crippen molar-refractivity contribution in [1.29, 1.82) is 0 Å². The van der Waals surface area contributed by atoms with Crippen molar-refractivity contribution in [2.75, 3.05) is 24.5 Å². The minimum Gasteiger partial charge on any atom is -0.360 e. The first-order valence-corrected chi connectivity index (χ1v) is 4.99. The lowest BCUT2D eigenvalue weighted by molar-refractivity contribution is -0.120. The summed E-state index contributed by atoms with van der Waals surface area (Å²) in [5, 5.41) is 2.76. The van der Waals surface area contributed by atoms with Gasteiger partial charge in [-0.1, -0.05) is 6.07 Å². The van der Waals surface area contributed by atoms with E-state index in [1.54, 1.807) is 18.2 Å². The largest absolute Gasteiger partial charge is 0.360 e. The maximum Gasteiger partial charge on any atom is 0.240 e. The van der Waals surface area contributed by atoms with Crippen LogP contribution < -0.4 is 10.2 Å². The van der Waals surface area contributed by atoms with E-state index < -0.39 is 0 Å². The Labute approximate surface area is 92.8 Å². The topological polar surface area (TPSA) is 61.8 Å². The number of nitrogens with zero attached hydrogens (tertiary/aromatic N) is 2. The fourth-order valence-corrected chi connectivity index (χ4v) is 1.67. The molecule has 0 unspecified atom stereocenters. The Morgan fingerprint density at radius 2 is 2.31 bits per heavy atom. The van der Waals surface area contributed by atoms with Gasteiger partial charge in [0.2, 0.25) is 12.0 Å². The van der Waals surface area contributed by atoms with Crippen LogP contribution >= 0.6 is 0 Å². The van der Waals surface area contributed by atoms with Crippen molar-refractivity contribution in [3.63, 3.8) is 0 Å². The van der Waals surface area contributed by atoms with Crippen LogP contribution in [0.4, 0.5) is 11.4 Å². The van der Waals surface area contributed by atoms with E-state index in [9.17, 15) is 9.59 Å². The second-order valence-electron chi connectivity index (χ2n) is 3.49. The fraction of sp³-hybridized carbons (Fsp3) is 0.273. The lowest BCUT2D eigenvalue weighted by Gasteiger charge is -2.28. The van der Waals surface area contributed by atoms with Crippen LogP contribution in [0.5, 0.6) is 0 Å². The number of hydrogen-bond donors (Lipinski definition) is 1. The second kappa shape index (κ2) is 4.59. The van der Waals surface area contributed by atoms with Gasteiger partial charge in [0.05, 0.1) is 12.2 Å². The highest BCUT2D eigenvalue weighted by atomic mass is 16.2. The van der Waals surface area contributed by atoms with Gasteiger partial charge < -0.3 is 10.2 Å². The average molecular weight is 217 g/mol. The number of amides is 1. The predicted molar refractivity (Wildman–Crippen MR) is 59.4 cm³/mol. The van der Waals surface area contributed by atoms with Crippen molar-refractivity contribution in [2.24, 2.45) is 4.99 Å². The molecule has 5 nitrogen and oxygen atoms in total. The van der Waals surface area contributed by atoms with Gasteiger partial charge in [-0.15, -0.1) is 0 Å². The summed E-state index contributed by atoms with van der Waals surface area (Å²) >= 11 is 0. The number of carbonyl (C=O) groups excluding carboxylic acids is 2. The molecule has 0 spiro atoms. The molecule has 0 bridgehead atoms. The van der Waals surface area contributed by atoms with Gasteiger partial charge in [-0.2, -0.15) is 4.99 Å². The van der Waals surface area contributed by atoms with Gasteiger partial charge in [-0.05, 0) is 18.2 Å². The minimum absolute atomic E-state index is 0.00976. The first kappa shape index (κ1) is 10.4. The summed E-state index contributed by atoms with van der Waals surface area (Å²) in [6.07, 6.45) is 1.50. The van der Waals surface area contributed by atoms with Crippen LogP contribution in [-0.2, 0) is 9.59 Å². The Balaban J connectivity index is 2.22. The third-order valence-electron chi connectivity index (χ3n) is 2.41. The molecule has 0 atom stereocenters. The molecule has 1 amide bonds. The number of rotatable bonds is 2. The Morgan fingerprint density at radius 3 is 3.06 bits per heavy atom. The van der Waals surface area contributed by atoms with Gasteiger partial charge in [-0.25, -0.2) is 4.79 Å². The van der Waals surface area contributed by atoms with E-state index in [4.69, 9.17) is 0 Å². The summed E-state index contributed by atoms with van der Waals surface area (Å²) < 4.78 is 0. The van der Waals surface area contributed by atoms with E-state index in [1.165, 1.54) is 6.08 Å². The van der Waals surface area contributed by atoms with Crippen LogP contribution in [-0.4, -0.2) is 31.6 Å². The predicted octanol–water partition coefficient (Wildman–Crippen LogP) is 0.590. The van der Waals surface area contributed by atoms with E-state index in [1.807, 2.05) is 11.0 Å². The van der Waals surface area contributed by atoms with Gasteiger partial charge in [0.1, 0.15) is 0 Å². The number of isocyanates is 1. The quantitative estimate of drug-likeness (QED) is 0.582. The van der Waals surface area contributed by atoms with Crippen molar-refractivity contribution >= 4 is 23.4 Å². The number of hydrogen-bond acceptors (Lipinski definition) is 4. The van der Waals surface area contributed by atoms with Crippen molar-refractivity contribution < 1.29 is 9.59 Å². The van der Waals surface area contributed by atoms with Gasteiger partial charge >= 0.3 is 0 Å². The molecule has 1 aromatic carbocycles. The van der Waals surface area contributed by atoms with Crippen LogP contribution in [0.2, 0.25) is 0 Å². The number of carbonyl (C=O) groups is 1. The highest BCUT2D eigenvalue weighted by Crippen LogP contribution is 2.21. The smallest absolute Gasteiger partial charge is 0.240 e. The van der Waals surface area contributed by atoms with E-state index in [0.717, 1.165) is 12.2 Å². The standard InChI is InChI=1S/C11H11N3O2/c15-8-13-9-2-1-3-10(6-9)14-5-4-12-11(16)7-14/h1-3,6H,4-5,7H2,(H,12,16). The SMILES string of the molecule is O=C=Nc1cccc(N2CCNC(=O)C2)c1. The Kier molecular flexibility index (Phi) is 2.98. The first-order valence-electron chi connectivity index (χ1n) is 4.99. The summed E-state index contributed by atoms with van der Waals surface area (Å²) in [6, 6.07) is 7.18. The average Bonchev–Trinajstić information content (AvgIpc) is 2.30. The second-order valence-corrected chi connectivity index (χ2v) is 3.49. The van der Waals surface area contributed by atoms with Gasteiger partial charge in [-0.3, -0.25) is 4.79 Å². The molecule has 1 saturated heterocycles. The van der Waals surface area contributed by atoms with Crippen molar-refractivity contribution in [2.45, 2.75) is 0 Å². The molecular formula is C11H11N3O2. The Bertz CT molecular complexity index is 452. The monoisotopic (exact) mass is 217 g/mol. The molecule has 16 heavy (non-hydrogen) atoms. The molecule has 0 radical (unpaired) electrons. The molecule has 0 aliphatic carbocycles.